The molecule has 2 aromatic rings. The van der Waals surface area contributed by atoms with Gasteiger partial charge in [0.1, 0.15) is 5.60 Å². The molecular weight excluding hydrogens is 330 g/mol. The van der Waals surface area contributed by atoms with E-state index >= 15 is 0 Å². The molecular formula is C17H18ClN3O3. The molecule has 1 aliphatic heterocycles. The van der Waals surface area contributed by atoms with Crippen LogP contribution in [0.3, 0.4) is 0 Å². The number of carbonyl (C=O) groups excluding carboxylic acids is 2. The van der Waals surface area contributed by atoms with Crippen LogP contribution in [-0.4, -0.2) is 34.0 Å². The van der Waals surface area contributed by atoms with Gasteiger partial charge in [-0.3, -0.25) is 9.78 Å². The Balaban J connectivity index is 2.05. The van der Waals surface area contributed by atoms with Crippen molar-refractivity contribution in [2.24, 2.45) is 0 Å². The third-order valence-electron chi connectivity index (χ3n) is 3.71. The van der Waals surface area contributed by atoms with Gasteiger partial charge in [-0.25, -0.2) is 9.69 Å². The van der Waals surface area contributed by atoms with Gasteiger partial charge in [0.2, 0.25) is 0 Å². The lowest BCUT2D eigenvalue weighted by Gasteiger charge is -2.30. The summed E-state index contributed by atoms with van der Waals surface area (Å²) in [6, 6.07) is 5.15. The Hall–Kier alpha value is -2.34. The molecule has 1 aromatic heterocycles. The Morgan fingerprint density at radius 1 is 1.38 bits per heavy atom. The van der Waals surface area contributed by atoms with Gasteiger partial charge in [-0.15, -0.1) is 0 Å². The first-order valence-corrected chi connectivity index (χ1v) is 7.97. The van der Waals surface area contributed by atoms with Crippen molar-refractivity contribution < 1.29 is 14.3 Å². The van der Waals surface area contributed by atoms with Crippen molar-refractivity contribution >= 4 is 40.2 Å². The van der Waals surface area contributed by atoms with Gasteiger partial charge in [-0.05, 0) is 39.0 Å². The summed E-state index contributed by atoms with van der Waals surface area (Å²) in [6.45, 7) is 5.46. The van der Waals surface area contributed by atoms with Crippen LogP contribution in [0.15, 0.2) is 18.2 Å². The summed E-state index contributed by atoms with van der Waals surface area (Å²) in [6.07, 6.45) is -0.243. The third kappa shape index (κ3) is 2.89. The Morgan fingerprint density at radius 3 is 2.75 bits per heavy atom. The average Bonchev–Trinajstić information content (AvgIpc) is 2.46. The molecule has 0 fully saturated rings. The Morgan fingerprint density at radius 2 is 2.08 bits per heavy atom. The Bertz CT molecular complexity index is 858. The average molecular weight is 348 g/mol. The van der Waals surface area contributed by atoms with Gasteiger partial charge in [-0.1, -0.05) is 11.6 Å². The number of imide groups is 1. The van der Waals surface area contributed by atoms with Crippen LogP contribution in [0.1, 0.15) is 36.8 Å². The molecule has 0 saturated carbocycles. The molecule has 7 heteroatoms. The van der Waals surface area contributed by atoms with Gasteiger partial charge in [0.25, 0.3) is 5.91 Å². The first-order chi connectivity index (χ1) is 11.2. The minimum absolute atomic E-state index is 0.215. The number of nitrogens with two attached hydrogens (primary N) is 1. The molecule has 0 aliphatic carbocycles. The number of ether oxygens (including phenoxy) is 1. The SMILES string of the molecule is CC(C)(C)OC(=O)N1CCc2nc3ccc(Cl)cc3c(N)c2C1=O. The highest BCUT2D eigenvalue weighted by atomic mass is 35.5. The number of hydrogen-bond donors (Lipinski definition) is 1. The third-order valence-corrected chi connectivity index (χ3v) is 3.94. The quantitative estimate of drug-likeness (QED) is 0.789. The highest BCUT2D eigenvalue weighted by molar-refractivity contribution is 6.31. The molecule has 2 N–H and O–H groups in total. The van der Waals surface area contributed by atoms with Gasteiger partial charge in [0.15, 0.2) is 0 Å². The lowest BCUT2D eigenvalue weighted by Crippen LogP contribution is -2.45. The van der Waals surface area contributed by atoms with Crippen molar-refractivity contribution in [3.05, 3.63) is 34.5 Å². The van der Waals surface area contributed by atoms with Crippen molar-refractivity contribution in [1.29, 1.82) is 0 Å². The Labute approximate surface area is 144 Å². The lowest BCUT2D eigenvalue weighted by atomic mass is 10.00. The second kappa shape index (κ2) is 5.63. The first kappa shape index (κ1) is 16.5. The van der Waals surface area contributed by atoms with Crippen LogP contribution < -0.4 is 5.73 Å². The number of hydrogen-bond acceptors (Lipinski definition) is 5. The van der Waals surface area contributed by atoms with Crippen LogP contribution in [0.5, 0.6) is 0 Å². The molecule has 6 nitrogen and oxygen atoms in total. The molecule has 0 saturated heterocycles. The summed E-state index contributed by atoms with van der Waals surface area (Å²) >= 11 is 6.01. The molecule has 0 bridgehead atoms. The molecule has 2 amide bonds. The minimum atomic E-state index is -0.682. The maximum atomic E-state index is 12.8. The van der Waals surface area contributed by atoms with Crippen LogP contribution in [-0.2, 0) is 11.2 Å². The van der Waals surface area contributed by atoms with E-state index in [1.807, 2.05) is 0 Å². The van der Waals surface area contributed by atoms with Crippen molar-refractivity contribution in [1.82, 2.24) is 9.88 Å². The van der Waals surface area contributed by atoms with Crippen molar-refractivity contribution in [3.8, 4) is 0 Å². The van der Waals surface area contributed by atoms with Gasteiger partial charge in [-0.2, -0.15) is 0 Å². The largest absolute Gasteiger partial charge is 0.443 e. The smallest absolute Gasteiger partial charge is 0.417 e. The van der Waals surface area contributed by atoms with Crippen molar-refractivity contribution in [2.75, 3.05) is 12.3 Å². The zero-order chi connectivity index (χ0) is 17.6. The fourth-order valence-corrected chi connectivity index (χ4v) is 2.85. The van der Waals surface area contributed by atoms with E-state index in [9.17, 15) is 9.59 Å². The van der Waals surface area contributed by atoms with E-state index in [2.05, 4.69) is 4.98 Å². The summed E-state index contributed by atoms with van der Waals surface area (Å²) in [5, 5.41) is 1.10. The fourth-order valence-electron chi connectivity index (χ4n) is 2.68. The van der Waals surface area contributed by atoms with Crippen LogP contribution in [0, 0.1) is 0 Å². The number of halogens is 1. The summed E-state index contributed by atoms with van der Waals surface area (Å²) in [5.41, 5.74) is 7.31. The van der Waals surface area contributed by atoms with Gasteiger partial charge in [0.05, 0.1) is 22.5 Å². The standard InChI is InChI=1S/C17H18ClN3O3/c1-17(2,3)24-16(23)21-7-6-12-13(15(21)22)14(19)10-8-9(18)4-5-11(10)20-12/h4-5,8H,6-7H2,1-3H3,(H2,19,20). The monoisotopic (exact) mass is 347 g/mol. The molecule has 0 spiro atoms. The topological polar surface area (TPSA) is 85.5 Å². The van der Waals surface area contributed by atoms with Gasteiger partial charge in [0, 0.05) is 23.4 Å². The number of benzene rings is 1. The zero-order valence-electron chi connectivity index (χ0n) is 13.7. The summed E-state index contributed by atoms with van der Waals surface area (Å²) in [7, 11) is 0. The predicted molar refractivity (Wildman–Crippen MR) is 92.1 cm³/mol. The summed E-state index contributed by atoms with van der Waals surface area (Å²) < 4.78 is 5.29. The number of pyridine rings is 1. The highest BCUT2D eigenvalue weighted by Crippen LogP contribution is 2.32. The predicted octanol–water partition coefficient (Wildman–Crippen LogP) is 3.40. The highest BCUT2D eigenvalue weighted by Gasteiger charge is 2.35. The molecule has 24 heavy (non-hydrogen) atoms. The van der Waals surface area contributed by atoms with Crippen molar-refractivity contribution in [2.45, 2.75) is 32.8 Å². The second-order valence-electron chi connectivity index (χ2n) is 6.70. The number of anilines is 1. The number of rotatable bonds is 0. The van der Waals surface area contributed by atoms with E-state index in [1.165, 1.54) is 0 Å². The fraction of sp³-hybridized carbons (Fsp3) is 0.353. The number of amides is 2. The molecule has 1 aromatic carbocycles. The number of aromatic nitrogens is 1. The molecule has 126 valence electrons. The number of nitrogens with zero attached hydrogens (tertiary/aromatic N) is 2. The van der Waals surface area contributed by atoms with Crippen LogP contribution >= 0.6 is 11.6 Å². The van der Waals surface area contributed by atoms with E-state index in [0.29, 0.717) is 28.0 Å². The van der Waals surface area contributed by atoms with E-state index in [0.717, 1.165) is 4.90 Å². The van der Waals surface area contributed by atoms with Crippen LogP contribution in [0.2, 0.25) is 5.02 Å². The van der Waals surface area contributed by atoms with E-state index in [1.54, 1.807) is 39.0 Å². The summed E-state index contributed by atoms with van der Waals surface area (Å²) in [5.74, 6) is -0.489. The maximum Gasteiger partial charge on any atom is 0.417 e. The van der Waals surface area contributed by atoms with E-state index < -0.39 is 17.6 Å². The maximum absolute atomic E-state index is 12.8. The molecule has 2 heterocycles. The Kier molecular flexibility index (Phi) is 3.87. The normalized spacial score (nSPS) is 14.7. The number of nitrogen functional groups attached to an aromatic ring is 1. The summed E-state index contributed by atoms with van der Waals surface area (Å²) in [4.78, 5) is 30.6. The minimum Gasteiger partial charge on any atom is -0.443 e. The molecule has 0 unspecified atom stereocenters. The molecule has 1 aliphatic rings. The van der Waals surface area contributed by atoms with Crippen LogP contribution in [0.25, 0.3) is 10.9 Å². The van der Waals surface area contributed by atoms with Crippen LogP contribution in [0.4, 0.5) is 10.5 Å². The molecule has 0 radical (unpaired) electrons. The number of fused-ring (bicyclic) bond motifs is 2. The first-order valence-electron chi connectivity index (χ1n) is 7.60. The zero-order valence-corrected chi connectivity index (χ0v) is 14.5. The van der Waals surface area contributed by atoms with E-state index in [-0.39, 0.29) is 17.8 Å². The van der Waals surface area contributed by atoms with Gasteiger partial charge < -0.3 is 10.5 Å². The lowest BCUT2D eigenvalue weighted by molar-refractivity contribution is 0.0233. The number of carbonyl (C=O) groups is 2. The molecule has 3 rings (SSSR count). The molecule has 0 atom stereocenters. The van der Waals surface area contributed by atoms with Crippen molar-refractivity contribution in [3.63, 3.8) is 0 Å². The van der Waals surface area contributed by atoms with E-state index in [4.69, 9.17) is 22.1 Å². The van der Waals surface area contributed by atoms with Gasteiger partial charge >= 0.3 is 6.09 Å². The second-order valence-corrected chi connectivity index (χ2v) is 7.13.